The largest absolute Gasteiger partial charge is 0.491 e. The lowest BCUT2D eigenvalue weighted by atomic mass is 10.1. The molecule has 2 aromatic carbocycles. The van der Waals surface area contributed by atoms with Gasteiger partial charge in [0.05, 0.1) is 19.4 Å². The highest BCUT2D eigenvalue weighted by atomic mass is 16.6. The van der Waals surface area contributed by atoms with E-state index in [4.69, 9.17) is 14.2 Å². The molecule has 28 heavy (non-hydrogen) atoms. The van der Waals surface area contributed by atoms with E-state index in [9.17, 15) is 0 Å². The van der Waals surface area contributed by atoms with Crippen LogP contribution in [0.15, 0.2) is 53.7 Å². The lowest BCUT2D eigenvalue weighted by molar-refractivity contribution is 0.0885. The van der Waals surface area contributed by atoms with Crippen LogP contribution in [0.3, 0.4) is 0 Å². The molecule has 150 valence electrons. The Hall–Kier alpha value is -2.79. The Morgan fingerprint density at radius 3 is 2.32 bits per heavy atom. The molecule has 0 saturated carbocycles. The summed E-state index contributed by atoms with van der Waals surface area (Å²) in [6, 6.07) is 12.0. The van der Waals surface area contributed by atoms with Crippen LogP contribution in [0.1, 0.15) is 29.2 Å². The van der Waals surface area contributed by atoms with E-state index in [1.54, 1.807) is 6.21 Å². The van der Waals surface area contributed by atoms with Gasteiger partial charge in [0.25, 0.3) is 0 Å². The van der Waals surface area contributed by atoms with Crippen LogP contribution in [-0.2, 0) is 16.2 Å². The lowest BCUT2D eigenvalue weighted by Gasteiger charge is -2.14. The first-order valence-electron chi connectivity index (χ1n) is 9.35. The predicted octanol–water partition coefficient (Wildman–Crippen LogP) is 4.83. The lowest BCUT2D eigenvalue weighted by Crippen LogP contribution is -2.08. The van der Waals surface area contributed by atoms with Gasteiger partial charge in [0.15, 0.2) is 0 Å². The van der Waals surface area contributed by atoms with Gasteiger partial charge < -0.3 is 19.0 Å². The summed E-state index contributed by atoms with van der Waals surface area (Å²) in [4.78, 5) is 4.67. The summed E-state index contributed by atoms with van der Waals surface area (Å²) in [5.74, 6) is 1.75. The zero-order chi connectivity index (χ0) is 20.2. The van der Waals surface area contributed by atoms with Crippen molar-refractivity contribution in [2.45, 2.75) is 27.4 Å². The number of oxime groups is 1. The van der Waals surface area contributed by atoms with Crippen molar-refractivity contribution in [3.63, 3.8) is 0 Å². The van der Waals surface area contributed by atoms with Crippen molar-refractivity contribution in [1.82, 2.24) is 0 Å². The first kappa shape index (κ1) is 21.5. The molecule has 0 unspecified atom stereocenters. The van der Waals surface area contributed by atoms with Crippen LogP contribution in [0, 0.1) is 13.8 Å². The van der Waals surface area contributed by atoms with E-state index in [1.807, 2.05) is 69.3 Å². The third kappa shape index (κ3) is 7.08. The monoisotopic (exact) mass is 383 g/mol. The van der Waals surface area contributed by atoms with Crippen LogP contribution in [0.2, 0.25) is 0 Å². The Morgan fingerprint density at radius 1 is 0.964 bits per heavy atom. The summed E-state index contributed by atoms with van der Waals surface area (Å²) >= 11 is 0. The summed E-state index contributed by atoms with van der Waals surface area (Å²) in [7, 11) is 1.52. The molecule has 0 fully saturated rings. The number of allylic oxidation sites excluding steroid dienone is 1. The Bertz CT molecular complexity index is 759. The highest BCUT2D eigenvalue weighted by molar-refractivity contribution is 5.79. The number of rotatable bonds is 11. The van der Waals surface area contributed by atoms with Crippen LogP contribution >= 0.6 is 0 Å². The number of hydrogen-bond donors (Lipinski definition) is 0. The van der Waals surface area contributed by atoms with Gasteiger partial charge in [-0.2, -0.15) is 0 Å². The minimum Gasteiger partial charge on any atom is -0.491 e. The Labute approximate surface area is 167 Å². The normalized spacial score (nSPS) is 11.3. The fourth-order valence-electron chi connectivity index (χ4n) is 2.67. The zero-order valence-corrected chi connectivity index (χ0v) is 17.1. The van der Waals surface area contributed by atoms with E-state index in [0.717, 1.165) is 33.8 Å². The van der Waals surface area contributed by atoms with Crippen LogP contribution in [-0.4, -0.2) is 33.1 Å². The first-order chi connectivity index (χ1) is 13.6. The quantitative estimate of drug-likeness (QED) is 0.241. The Balaban J connectivity index is 1.76. The molecule has 0 atom stereocenters. The average Bonchev–Trinajstić information content (AvgIpc) is 2.69. The molecular weight excluding hydrogens is 354 g/mol. The maximum Gasteiger partial charge on any atom is 0.125 e. The van der Waals surface area contributed by atoms with Crippen LogP contribution < -0.4 is 9.47 Å². The molecule has 0 aliphatic heterocycles. The van der Waals surface area contributed by atoms with E-state index in [-0.39, 0.29) is 0 Å². The number of ether oxygens (including phenoxy) is 3. The van der Waals surface area contributed by atoms with E-state index in [2.05, 4.69) is 9.99 Å². The molecular formula is C23H29NO4. The minimum absolute atomic E-state index is 0.499. The van der Waals surface area contributed by atoms with Gasteiger partial charge in [0, 0.05) is 0 Å². The van der Waals surface area contributed by atoms with Crippen molar-refractivity contribution in [3.8, 4) is 11.5 Å². The number of nitrogens with zero attached hydrogens (tertiary/aromatic N) is 1. The van der Waals surface area contributed by atoms with Gasteiger partial charge in [-0.05, 0) is 55.2 Å². The second-order valence-corrected chi connectivity index (χ2v) is 6.33. The molecule has 0 amide bonds. The molecule has 0 aliphatic rings. The molecule has 0 spiro atoms. The van der Waals surface area contributed by atoms with Crippen LogP contribution in [0.4, 0.5) is 0 Å². The van der Waals surface area contributed by atoms with Gasteiger partial charge in [-0.25, -0.2) is 0 Å². The van der Waals surface area contributed by atoms with Crippen molar-refractivity contribution in [2.24, 2.45) is 5.16 Å². The van der Waals surface area contributed by atoms with Gasteiger partial charge in [-0.1, -0.05) is 41.6 Å². The molecule has 0 N–H and O–H groups in total. The molecule has 0 saturated heterocycles. The zero-order valence-electron chi connectivity index (χ0n) is 17.1. The summed E-state index contributed by atoms with van der Waals surface area (Å²) in [5.41, 5.74) is 4.20. The van der Waals surface area contributed by atoms with Crippen molar-refractivity contribution in [1.29, 1.82) is 0 Å². The van der Waals surface area contributed by atoms with E-state index >= 15 is 0 Å². The predicted molar refractivity (Wildman–Crippen MR) is 112 cm³/mol. The highest BCUT2D eigenvalue weighted by Crippen LogP contribution is 2.28. The topological polar surface area (TPSA) is 49.3 Å². The van der Waals surface area contributed by atoms with Crippen molar-refractivity contribution in [3.05, 3.63) is 70.8 Å². The summed E-state index contributed by atoms with van der Waals surface area (Å²) in [6.45, 7) is 8.17. The van der Waals surface area contributed by atoms with Crippen molar-refractivity contribution in [2.75, 3.05) is 26.9 Å². The number of benzene rings is 2. The molecule has 5 heteroatoms. The maximum atomic E-state index is 5.92. The molecule has 0 radical (unpaired) electrons. The average molecular weight is 383 g/mol. The number of aryl methyl sites for hydroxylation is 2. The molecule has 5 nitrogen and oxygen atoms in total. The van der Waals surface area contributed by atoms with E-state index in [0.29, 0.717) is 26.4 Å². The summed E-state index contributed by atoms with van der Waals surface area (Å²) in [5, 5.41) is 3.74. The van der Waals surface area contributed by atoms with E-state index in [1.165, 1.54) is 7.11 Å². The van der Waals surface area contributed by atoms with Gasteiger partial charge in [0.2, 0.25) is 0 Å². The molecule has 2 rings (SSSR count). The summed E-state index contributed by atoms with van der Waals surface area (Å²) < 4.78 is 17.3. The second kappa shape index (κ2) is 11.8. The standard InChI is InChI=1S/C23H29NO4/c1-5-6-11-27-22-14-18(2)23(19(3)15-22)28-13-12-26-17-21-9-7-20(8-10-21)16-24-25-4/h5-10,14-16H,11-13,17H2,1-4H3/b6-5+,24-16+. The smallest absolute Gasteiger partial charge is 0.125 e. The van der Waals surface area contributed by atoms with Crippen molar-refractivity contribution < 1.29 is 19.0 Å². The third-order valence-electron chi connectivity index (χ3n) is 4.05. The molecule has 0 bridgehead atoms. The summed E-state index contributed by atoms with van der Waals surface area (Å²) in [6.07, 6.45) is 5.62. The Kier molecular flexibility index (Phi) is 9.08. The molecule has 0 heterocycles. The second-order valence-electron chi connectivity index (χ2n) is 6.33. The first-order valence-corrected chi connectivity index (χ1v) is 9.35. The fraction of sp³-hybridized carbons (Fsp3) is 0.348. The maximum absolute atomic E-state index is 5.92. The fourth-order valence-corrected chi connectivity index (χ4v) is 2.67. The molecule has 0 aliphatic carbocycles. The Morgan fingerprint density at radius 2 is 1.68 bits per heavy atom. The minimum atomic E-state index is 0.499. The van der Waals surface area contributed by atoms with E-state index < -0.39 is 0 Å². The molecule has 2 aromatic rings. The molecule has 0 aromatic heterocycles. The highest BCUT2D eigenvalue weighted by Gasteiger charge is 2.07. The SMILES string of the molecule is C/C=C/COc1cc(C)c(OCCOCc2ccc(/C=N/OC)cc2)c(C)c1. The number of hydrogen-bond acceptors (Lipinski definition) is 5. The third-order valence-corrected chi connectivity index (χ3v) is 4.05. The van der Waals surface area contributed by atoms with Crippen LogP contribution in [0.25, 0.3) is 0 Å². The van der Waals surface area contributed by atoms with Gasteiger partial charge >= 0.3 is 0 Å². The van der Waals surface area contributed by atoms with Gasteiger partial charge in [-0.3, -0.25) is 0 Å². The van der Waals surface area contributed by atoms with Crippen molar-refractivity contribution >= 4 is 6.21 Å². The van der Waals surface area contributed by atoms with Gasteiger partial charge in [0.1, 0.15) is 31.8 Å². The van der Waals surface area contributed by atoms with Crippen LogP contribution in [0.5, 0.6) is 11.5 Å². The van der Waals surface area contributed by atoms with Gasteiger partial charge in [-0.15, -0.1) is 0 Å².